The van der Waals surface area contributed by atoms with Crippen LogP contribution in [0, 0.1) is 0 Å². The minimum absolute atomic E-state index is 0.176. The van der Waals surface area contributed by atoms with Crippen molar-refractivity contribution in [1.29, 1.82) is 0 Å². The van der Waals surface area contributed by atoms with E-state index in [4.69, 9.17) is 21.4 Å². The number of benzene rings is 1. The van der Waals surface area contributed by atoms with Crippen molar-refractivity contribution in [2.45, 2.75) is 19.9 Å². The first-order valence-electron chi connectivity index (χ1n) is 5.86. The molecule has 0 saturated heterocycles. The zero-order chi connectivity index (χ0) is 12.7. The zero-order valence-electron chi connectivity index (χ0n) is 10.4. The van der Waals surface area contributed by atoms with Gasteiger partial charge in [0.25, 0.3) is 0 Å². The molecule has 1 N–H and O–H groups in total. The van der Waals surface area contributed by atoms with Gasteiger partial charge in [-0.1, -0.05) is 17.7 Å². The number of aliphatic hydroxyl groups excluding tert-OH is 1. The molecule has 0 atom stereocenters. The molecule has 1 aromatic rings. The van der Waals surface area contributed by atoms with Gasteiger partial charge in [0, 0.05) is 24.2 Å². The molecule has 0 unspecified atom stereocenters. The first-order chi connectivity index (χ1) is 8.13. The lowest BCUT2D eigenvalue weighted by molar-refractivity contribution is 0.141. The number of halogens is 1. The average molecular weight is 258 g/mol. The van der Waals surface area contributed by atoms with Crippen molar-refractivity contribution >= 4 is 11.6 Å². The molecule has 0 radical (unpaired) electrons. The van der Waals surface area contributed by atoms with Gasteiger partial charge in [0.1, 0.15) is 12.4 Å². The summed E-state index contributed by atoms with van der Waals surface area (Å²) in [6.07, 6.45) is 0. The molecule has 96 valence electrons. The van der Waals surface area contributed by atoms with Crippen molar-refractivity contribution in [3.05, 3.63) is 29.3 Å². The standard InChI is InChI=1S/C13H20ClNO2/c1-11(2)15(6-8-16)7-9-17-13-5-3-4-12(14)10-13/h3-5,10-11,16H,6-9H2,1-2H3. The third-order valence-electron chi connectivity index (χ3n) is 2.56. The van der Waals surface area contributed by atoms with E-state index in [-0.39, 0.29) is 6.61 Å². The normalized spacial score (nSPS) is 11.2. The molecule has 4 heteroatoms. The quantitative estimate of drug-likeness (QED) is 0.814. The largest absolute Gasteiger partial charge is 0.492 e. The molecule has 1 aromatic carbocycles. The summed E-state index contributed by atoms with van der Waals surface area (Å²) < 4.78 is 5.61. The van der Waals surface area contributed by atoms with Crippen molar-refractivity contribution in [2.75, 3.05) is 26.3 Å². The Bertz CT molecular complexity index is 331. The number of rotatable bonds is 7. The van der Waals surface area contributed by atoms with Crippen molar-refractivity contribution < 1.29 is 9.84 Å². The molecule has 0 aromatic heterocycles. The molecule has 0 saturated carbocycles. The fourth-order valence-corrected chi connectivity index (χ4v) is 1.77. The topological polar surface area (TPSA) is 32.7 Å². The molecule has 1 rings (SSSR count). The molecule has 0 aliphatic heterocycles. The van der Waals surface area contributed by atoms with E-state index in [0.29, 0.717) is 24.2 Å². The van der Waals surface area contributed by atoms with Crippen molar-refractivity contribution in [3.63, 3.8) is 0 Å². The molecular formula is C13H20ClNO2. The van der Waals surface area contributed by atoms with Crippen LogP contribution in [-0.2, 0) is 0 Å². The second-order valence-corrected chi connectivity index (χ2v) is 4.60. The molecule has 17 heavy (non-hydrogen) atoms. The van der Waals surface area contributed by atoms with Gasteiger partial charge in [0.15, 0.2) is 0 Å². The van der Waals surface area contributed by atoms with E-state index in [9.17, 15) is 0 Å². The van der Waals surface area contributed by atoms with Gasteiger partial charge < -0.3 is 9.84 Å². The average Bonchev–Trinajstić information content (AvgIpc) is 2.28. The fourth-order valence-electron chi connectivity index (χ4n) is 1.59. The third kappa shape index (κ3) is 5.39. The summed E-state index contributed by atoms with van der Waals surface area (Å²) in [4.78, 5) is 2.17. The molecular weight excluding hydrogens is 238 g/mol. The van der Waals surface area contributed by atoms with Crippen LogP contribution >= 0.6 is 11.6 Å². The minimum atomic E-state index is 0.176. The lowest BCUT2D eigenvalue weighted by Gasteiger charge is -2.25. The molecule has 0 aliphatic carbocycles. The Labute approximate surface area is 108 Å². The Balaban J connectivity index is 2.35. The highest BCUT2D eigenvalue weighted by Crippen LogP contribution is 2.16. The van der Waals surface area contributed by atoms with Crippen LogP contribution in [0.4, 0.5) is 0 Å². The van der Waals surface area contributed by atoms with E-state index >= 15 is 0 Å². The van der Waals surface area contributed by atoms with Gasteiger partial charge in [0.2, 0.25) is 0 Å². The molecule has 3 nitrogen and oxygen atoms in total. The Hall–Kier alpha value is -0.770. The molecule has 0 amide bonds. The van der Waals surface area contributed by atoms with Crippen molar-refractivity contribution in [3.8, 4) is 5.75 Å². The van der Waals surface area contributed by atoms with Crippen molar-refractivity contribution in [2.24, 2.45) is 0 Å². The van der Waals surface area contributed by atoms with Crippen LogP contribution < -0.4 is 4.74 Å². The third-order valence-corrected chi connectivity index (χ3v) is 2.80. The number of aliphatic hydroxyl groups is 1. The monoisotopic (exact) mass is 257 g/mol. The van der Waals surface area contributed by atoms with E-state index < -0.39 is 0 Å². The van der Waals surface area contributed by atoms with Crippen LogP contribution in [0.1, 0.15) is 13.8 Å². The van der Waals surface area contributed by atoms with E-state index in [0.717, 1.165) is 12.3 Å². The maximum Gasteiger partial charge on any atom is 0.120 e. The van der Waals surface area contributed by atoms with E-state index in [1.54, 1.807) is 6.07 Å². The molecule has 0 spiro atoms. The Kier molecular flexibility index (Phi) is 6.34. The highest BCUT2D eigenvalue weighted by molar-refractivity contribution is 6.30. The second-order valence-electron chi connectivity index (χ2n) is 4.16. The Morgan fingerprint density at radius 1 is 1.35 bits per heavy atom. The van der Waals surface area contributed by atoms with E-state index in [1.165, 1.54) is 0 Å². The zero-order valence-corrected chi connectivity index (χ0v) is 11.2. The Morgan fingerprint density at radius 3 is 2.71 bits per heavy atom. The summed E-state index contributed by atoms with van der Waals surface area (Å²) in [5.41, 5.74) is 0. The summed E-state index contributed by atoms with van der Waals surface area (Å²) in [7, 11) is 0. The van der Waals surface area contributed by atoms with Gasteiger partial charge in [0.05, 0.1) is 6.61 Å². The minimum Gasteiger partial charge on any atom is -0.492 e. The van der Waals surface area contributed by atoms with E-state index in [1.807, 2.05) is 18.2 Å². The highest BCUT2D eigenvalue weighted by Gasteiger charge is 2.08. The summed E-state index contributed by atoms with van der Waals surface area (Å²) >= 11 is 5.86. The number of hydrogen-bond donors (Lipinski definition) is 1. The predicted octanol–water partition coefficient (Wildman–Crippen LogP) is 2.42. The molecule has 0 fully saturated rings. The number of nitrogens with zero attached hydrogens (tertiary/aromatic N) is 1. The van der Waals surface area contributed by atoms with Crippen LogP contribution in [0.25, 0.3) is 0 Å². The lowest BCUT2D eigenvalue weighted by atomic mass is 10.3. The lowest BCUT2D eigenvalue weighted by Crippen LogP contribution is -2.36. The number of hydrogen-bond acceptors (Lipinski definition) is 3. The van der Waals surface area contributed by atoms with Crippen molar-refractivity contribution in [1.82, 2.24) is 4.90 Å². The first kappa shape index (κ1) is 14.3. The fraction of sp³-hybridized carbons (Fsp3) is 0.538. The van der Waals surface area contributed by atoms with Gasteiger partial charge >= 0.3 is 0 Å². The molecule has 0 aliphatic rings. The number of ether oxygens (including phenoxy) is 1. The van der Waals surface area contributed by atoms with Gasteiger partial charge in [-0.15, -0.1) is 0 Å². The summed E-state index contributed by atoms with van der Waals surface area (Å²) in [5.74, 6) is 0.783. The van der Waals surface area contributed by atoms with Crippen LogP contribution in [0.5, 0.6) is 5.75 Å². The van der Waals surface area contributed by atoms with Crippen LogP contribution in [0.3, 0.4) is 0 Å². The summed E-state index contributed by atoms with van der Waals surface area (Å²) in [6.45, 7) is 6.46. The molecule has 0 heterocycles. The summed E-state index contributed by atoms with van der Waals surface area (Å²) in [5, 5.41) is 9.62. The Morgan fingerprint density at radius 2 is 2.12 bits per heavy atom. The first-order valence-corrected chi connectivity index (χ1v) is 6.24. The smallest absolute Gasteiger partial charge is 0.120 e. The van der Waals surface area contributed by atoms with Gasteiger partial charge in [-0.3, -0.25) is 4.90 Å². The van der Waals surface area contributed by atoms with Gasteiger partial charge in [-0.2, -0.15) is 0 Å². The van der Waals surface area contributed by atoms with Crippen LogP contribution in [0.2, 0.25) is 5.02 Å². The van der Waals surface area contributed by atoms with Crippen LogP contribution in [-0.4, -0.2) is 42.4 Å². The molecule has 0 bridgehead atoms. The highest BCUT2D eigenvalue weighted by atomic mass is 35.5. The maximum atomic E-state index is 8.94. The summed E-state index contributed by atoms with van der Waals surface area (Å²) in [6, 6.07) is 7.78. The SMILES string of the molecule is CC(C)N(CCO)CCOc1cccc(Cl)c1. The van der Waals surface area contributed by atoms with Crippen LogP contribution in [0.15, 0.2) is 24.3 Å². The van der Waals surface area contributed by atoms with E-state index in [2.05, 4.69) is 18.7 Å². The van der Waals surface area contributed by atoms with Gasteiger partial charge in [-0.05, 0) is 32.0 Å². The second kappa shape index (κ2) is 7.54. The maximum absolute atomic E-state index is 8.94. The predicted molar refractivity (Wildman–Crippen MR) is 70.7 cm³/mol. The van der Waals surface area contributed by atoms with Gasteiger partial charge in [-0.25, -0.2) is 0 Å².